The molecule has 1 amide bonds. The van der Waals surface area contributed by atoms with Gasteiger partial charge in [0.1, 0.15) is 0 Å². The van der Waals surface area contributed by atoms with Crippen molar-refractivity contribution in [2.75, 3.05) is 18.4 Å². The van der Waals surface area contributed by atoms with E-state index in [2.05, 4.69) is 15.6 Å². The summed E-state index contributed by atoms with van der Waals surface area (Å²) in [6.45, 7) is 8.58. The summed E-state index contributed by atoms with van der Waals surface area (Å²) in [4.78, 5) is 15.8. The molecule has 0 saturated heterocycles. The van der Waals surface area contributed by atoms with Gasteiger partial charge in [-0.25, -0.2) is 0 Å². The molecule has 118 valence electrons. The van der Waals surface area contributed by atoms with E-state index in [1.54, 1.807) is 0 Å². The quantitative estimate of drug-likeness (QED) is 0.312. The summed E-state index contributed by atoms with van der Waals surface area (Å²) >= 11 is 0. The Morgan fingerprint density at radius 2 is 1.81 bits per heavy atom. The predicted molar refractivity (Wildman–Crippen MR) is 99.2 cm³/mol. The monoisotopic (exact) mass is 404 g/mol. The van der Waals surface area contributed by atoms with E-state index in [0.29, 0.717) is 19.0 Å². The number of aryl methyl sites for hydroxylation is 1. The molecule has 21 heavy (non-hydrogen) atoms. The fraction of sp³-hybridized carbons (Fsp3) is 0.467. The largest absolute Gasteiger partial charge is 0.370 e. The van der Waals surface area contributed by atoms with Crippen LogP contribution in [0.1, 0.15) is 26.3 Å². The molecule has 0 radical (unpaired) electrons. The van der Waals surface area contributed by atoms with E-state index in [9.17, 15) is 4.79 Å². The van der Waals surface area contributed by atoms with Gasteiger partial charge in [-0.3, -0.25) is 9.79 Å². The summed E-state index contributed by atoms with van der Waals surface area (Å²) in [6.07, 6.45) is 0. The van der Waals surface area contributed by atoms with Gasteiger partial charge in [-0.15, -0.1) is 24.0 Å². The van der Waals surface area contributed by atoms with Gasteiger partial charge in [-0.2, -0.15) is 0 Å². The van der Waals surface area contributed by atoms with Crippen molar-refractivity contribution in [1.29, 1.82) is 0 Å². The van der Waals surface area contributed by atoms with Crippen LogP contribution in [-0.4, -0.2) is 25.0 Å². The van der Waals surface area contributed by atoms with Crippen LogP contribution in [0.25, 0.3) is 0 Å². The van der Waals surface area contributed by atoms with Crippen molar-refractivity contribution < 1.29 is 4.79 Å². The van der Waals surface area contributed by atoms with E-state index >= 15 is 0 Å². The van der Waals surface area contributed by atoms with Crippen LogP contribution in [0.5, 0.6) is 0 Å². The molecule has 0 spiro atoms. The lowest BCUT2D eigenvalue weighted by molar-refractivity contribution is -0.128. The average Bonchev–Trinajstić information content (AvgIpc) is 2.36. The minimum Gasteiger partial charge on any atom is -0.370 e. The van der Waals surface area contributed by atoms with Gasteiger partial charge in [0, 0.05) is 17.6 Å². The normalized spacial score (nSPS) is 11.5. The third-order valence-corrected chi connectivity index (χ3v) is 2.68. The molecule has 0 aliphatic carbocycles. The second kappa shape index (κ2) is 8.86. The zero-order chi connectivity index (χ0) is 15.2. The number of hydrogen-bond acceptors (Lipinski definition) is 2. The molecule has 0 fully saturated rings. The van der Waals surface area contributed by atoms with Gasteiger partial charge < -0.3 is 16.4 Å². The number of amides is 1. The number of aliphatic imine (C=N–C) groups is 1. The van der Waals surface area contributed by atoms with Crippen molar-refractivity contribution in [2.24, 2.45) is 16.1 Å². The standard InChI is InChI=1S/C15H24N4O.HI/c1-11-5-7-12(8-6-11)19-14(16)18-10-9-17-13(20)15(2,3)4;/h5-8H,9-10H2,1-4H3,(H,17,20)(H3,16,18,19);1H. The van der Waals surface area contributed by atoms with Gasteiger partial charge in [0.15, 0.2) is 5.96 Å². The van der Waals surface area contributed by atoms with E-state index in [1.807, 2.05) is 52.0 Å². The van der Waals surface area contributed by atoms with Crippen molar-refractivity contribution in [2.45, 2.75) is 27.7 Å². The van der Waals surface area contributed by atoms with Crippen molar-refractivity contribution in [3.63, 3.8) is 0 Å². The molecule has 5 nitrogen and oxygen atoms in total. The maximum Gasteiger partial charge on any atom is 0.225 e. The third kappa shape index (κ3) is 7.89. The molecule has 4 N–H and O–H groups in total. The molecule has 0 bridgehead atoms. The molecule has 6 heteroatoms. The number of carbonyl (C=O) groups excluding carboxylic acids is 1. The van der Waals surface area contributed by atoms with Crippen molar-refractivity contribution in [3.05, 3.63) is 29.8 Å². The Labute approximate surface area is 143 Å². The van der Waals surface area contributed by atoms with E-state index in [4.69, 9.17) is 5.73 Å². The summed E-state index contributed by atoms with van der Waals surface area (Å²) in [5.41, 5.74) is 7.48. The Bertz CT molecular complexity index is 477. The zero-order valence-electron chi connectivity index (χ0n) is 13.1. The Balaban J connectivity index is 0.00000400. The molecule has 0 aliphatic rings. The molecule has 0 unspecified atom stereocenters. The fourth-order valence-electron chi connectivity index (χ4n) is 1.44. The lowest BCUT2D eigenvalue weighted by Gasteiger charge is -2.17. The summed E-state index contributed by atoms with van der Waals surface area (Å²) in [5, 5.41) is 5.82. The van der Waals surface area contributed by atoms with Gasteiger partial charge in [0.05, 0.1) is 6.54 Å². The number of nitrogens with two attached hydrogens (primary N) is 1. The molecule has 0 saturated carbocycles. The maximum atomic E-state index is 11.6. The first-order valence-corrected chi connectivity index (χ1v) is 6.71. The molecule has 1 rings (SSSR count). The summed E-state index contributed by atoms with van der Waals surface area (Å²) in [6, 6.07) is 7.89. The summed E-state index contributed by atoms with van der Waals surface area (Å²) in [7, 11) is 0. The summed E-state index contributed by atoms with van der Waals surface area (Å²) < 4.78 is 0. The van der Waals surface area contributed by atoms with Gasteiger partial charge in [-0.05, 0) is 19.1 Å². The number of hydrogen-bond donors (Lipinski definition) is 3. The topological polar surface area (TPSA) is 79.5 Å². The number of nitrogens with one attached hydrogen (secondary N) is 2. The first-order valence-electron chi connectivity index (χ1n) is 6.71. The van der Waals surface area contributed by atoms with Crippen LogP contribution in [0.15, 0.2) is 29.3 Å². The van der Waals surface area contributed by atoms with Crippen LogP contribution in [0.4, 0.5) is 5.69 Å². The number of halogens is 1. The second-order valence-electron chi connectivity index (χ2n) is 5.76. The van der Waals surface area contributed by atoms with Gasteiger partial charge >= 0.3 is 0 Å². The van der Waals surface area contributed by atoms with Crippen LogP contribution in [0, 0.1) is 12.3 Å². The lowest BCUT2D eigenvalue weighted by Crippen LogP contribution is -2.36. The Kier molecular flexibility index (Phi) is 8.31. The maximum absolute atomic E-state index is 11.6. The zero-order valence-corrected chi connectivity index (χ0v) is 15.4. The number of benzene rings is 1. The van der Waals surface area contributed by atoms with E-state index in [-0.39, 0.29) is 35.3 Å². The highest BCUT2D eigenvalue weighted by Gasteiger charge is 2.19. The second-order valence-corrected chi connectivity index (χ2v) is 5.76. The molecular weight excluding hydrogens is 379 g/mol. The van der Waals surface area contributed by atoms with Crippen LogP contribution < -0.4 is 16.4 Å². The number of guanidine groups is 1. The van der Waals surface area contributed by atoms with Crippen LogP contribution in [0.2, 0.25) is 0 Å². The number of anilines is 1. The van der Waals surface area contributed by atoms with E-state index in [1.165, 1.54) is 5.56 Å². The minimum absolute atomic E-state index is 0. The van der Waals surface area contributed by atoms with Gasteiger partial charge in [0.2, 0.25) is 5.91 Å². The van der Waals surface area contributed by atoms with Crippen LogP contribution in [-0.2, 0) is 4.79 Å². The molecule has 0 heterocycles. The van der Waals surface area contributed by atoms with Gasteiger partial charge in [0.25, 0.3) is 0 Å². The Morgan fingerprint density at radius 3 is 2.33 bits per heavy atom. The molecular formula is C15H25IN4O. The molecule has 1 aromatic rings. The number of rotatable bonds is 4. The van der Waals surface area contributed by atoms with Crippen molar-refractivity contribution in [1.82, 2.24) is 5.32 Å². The smallest absolute Gasteiger partial charge is 0.225 e. The highest BCUT2D eigenvalue weighted by molar-refractivity contribution is 14.0. The molecule has 0 aliphatic heterocycles. The first kappa shape index (κ1) is 19.7. The fourth-order valence-corrected chi connectivity index (χ4v) is 1.44. The highest BCUT2D eigenvalue weighted by atomic mass is 127. The van der Waals surface area contributed by atoms with Gasteiger partial charge in [-0.1, -0.05) is 38.5 Å². The molecule has 1 aromatic carbocycles. The van der Waals surface area contributed by atoms with Crippen molar-refractivity contribution in [3.8, 4) is 0 Å². The number of nitrogens with zero attached hydrogens (tertiary/aromatic N) is 1. The third-order valence-electron chi connectivity index (χ3n) is 2.68. The minimum atomic E-state index is -0.380. The predicted octanol–water partition coefficient (Wildman–Crippen LogP) is 2.50. The van der Waals surface area contributed by atoms with Crippen molar-refractivity contribution >= 4 is 41.5 Å². The highest BCUT2D eigenvalue weighted by Crippen LogP contribution is 2.11. The SMILES string of the molecule is Cc1ccc(NC(N)=NCCNC(=O)C(C)(C)C)cc1.I. The lowest BCUT2D eigenvalue weighted by atomic mass is 9.96. The Morgan fingerprint density at radius 1 is 1.24 bits per heavy atom. The Hall–Kier alpha value is -1.31. The van der Waals surface area contributed by atoms with Crippen LogP contribution >= 0.6 is 24.0 Å². The molecule has 0 atom stereocenters. The van der Waals surface area contributed by atoms with E-state index < -0.39 is 0 Å². The number of carbonyl (C=O) groups is 1. The molecule has 0 aromatic heterocycles. The summed E-state index contributed by atoms with van der Waals surface area (Å²) in [5.74, 6) is 0.358. The first-order chi connectivity index (χ1) is 9.29. The van der Waals surface area contributed by atoms with E-state index in [0.717, 1.165) is 5.69 Å². The van der Waals surface area contributed by atoms with Crippen LogP contribution in [0.3, 0.4) is 0 Å². The average molecular weight is 404 g/mol.